The summed E-state index contributed by atoms with van der Waals surface area (Å²) in [6.07, 6.45) is 1.31. The lowest BCUT2D eigenvalue weighted by Crippen LogP contribution is -2.45. The minimum Gasteiger partial charge on any atom is -0.497 e. The molecule has 0 bridgehead atoms. The number of carboxylic acid groups (broad SMARTS) is 1. The lowest BCUT2D eigenvalue weighted by atomic mass is 9.87. The first kappa shape index (κ1) is 18.1. The number of likely N-dealkylation sites (tertiary alicyclic amines) is 1. The lowest BCUT2D eigenvalue weighted by Gasteiger charge is -2.35. The summed E-state index contributed by atoms with van der Waals surface area (Å²) in [5.74, 6) is -0.227. The first-order chi connectivity index (χ1) is 11.5. The van der Waals surface area contributed by atoms with Crippen LogP contribution in [0.2, 0.25) is 0 Å². The number of carboxylic acids is 1. The molecule has 1 aromatic rings. The van der Waals surface area contributed by atoms with Gasteiger partial charge in [-0.2, -0.15) is 0 Å². The van der Waals surface area contributed by atoms with Gasteiger partial charge in [-0.3, -0.25) is 9.59 Å². The van der Waals surface area contributed by atoms with Gasteiger partial charge in [0, 0.05) is 19.2 Å². The summed E-state index contributed by atoms with van der Waals surface area (Å²) in [7, 11) is 1.57. The second-order valence-corrected chi connectivity index (χ2v) is 6.17. The largest absolute Gasteiger partial charge is 0.497 e. The van der Waals surface area contributed by atoms with E-state index in [1.165, 1.54) is 0 Å². The smallest absolute Gasteiger partial charge is 0.306 e. The second kappa shape index (κ2) is 8.04. The molecule has 6 nitrogen and oxygen atoms in total. The number of methoxy groups -OCH3 is 1. The molecule has 132 valence electrons. The van der Waals surface area contributed by atoms with Gasteiger partial charge in [0.2, 0.25) is 0 Å². The van der Waals surface area contributed by atoms with E-state index in [1.54, 1.807) is 30.2 Å². The number of nitrogens with zero attached hydrogens (tertiary/aromatic N) is 1. The summed E-state index contributed by atoms with van der Waals surface area (Å²) in [5.41, 5.74) is 0.491. The molecule has 2 atom stereocenters. The Labute approximate surface area is 142 Å². The van der Waals surface area contributed by atoms with Crippen LogP contribution >= 0.6 is 0 Å². The van der Waals surface area contributed by atoms with E-state index in [0.29, 0.717) is 43.2 Å². The number of amides is 1. The highest BCUT2D eigenvalue weighted by Crippen LogP contribution is 2.29. The van der Waals surface area contributed by atoms with Crippen molar-refractivity contribution in [3.05, 3.63) is 23.8 Å². The van der Waals surface area contributed by atoms with Crippen LogP contribution in [-0.2, 0) is 4.79 Å². The monoisotopic (exact) mass is 335 g/mol. The van der Waals surface area contributed by atoms with Crippen LogP contribution in [0, 0.1) is 11.8 Å². The maximum absolute atomic E-state index is 12.9. The van der Waals surface area contributed by atoms with Crippen LogP contribution in [0.3, 0.4) is 0 Å². The Morgan fingerprint density at radius 1 is 1.38 bits per heavy atom. The number of aliphatic carboxylic acids is 1. The molecule has 1 heterocycles. The van der Waals surface area contributed by atoms with Gasteiger partial charge < -0.3 is 19.5 Å². The topological polar surface area (TPSA) is 76.1 Å². The van der Waals surface area contributed by atoms with Gasteiger partial charge >= 0.3 is 5.97 Å². The van der Waals surface area contributed by atoms with Crippen molar-refractivity contribution in [3.63, 3.8) is 0 Å². The summed E-state index contributed by atoms with van der Waals surface area (Å²) in [6.45, 7) is 5.28. The van der Waals surface area contributed by atoms with E-state index >= 15 is 0 Å². The van der Waals surface area contributed by atoms with Crippen molar-refractivity contribution >= 4 is 11.9 Å². The fourth-order valence-electron chi connectivity index (χ4n) is 3.01. The van der Waals surface area contributed by atoms with E-state index < -0.39 is 5.97 Å². The second-order valence-electron chi connectivity index (χ2n) is 6.17. The lowest BCUT2D eigenvalue weighted by molar-refractivity contribution is -0.145. The molecule has 6 heteroatoms. The van der Waals surface area contributed by atoms with Crippen molar-refractivity contribution in [2.24, 2.45) is 11.8 Å². The standard InChI is InChI=1S/C18H25NO5/c1-4-9-24-16-10-13(23-3)5-6-15(16)17(20)19-8-7-14(18(21)22)12(2)11-19/h5-6,10,12,14H,4,7-9,11H2,1-3H3,(H,21,22). The van der Waals surface area contributed by atoms with Gasteiger partial charge in [0.05, 0.1) is 25.2 Å². The van der Waals surface area contributed by atoms with Gasteiger partial charge in [-0.25, -0.2) is 0 Å². The molecule has 2 rings (SSSR count). The van der Waals surface area contributed by atoms with Gasteiger partial charge in [0.25, 0.3) is 5.91 Å². The molecule has 1 saturated heterocycles. The molecule has 0 spiro atoms. The number of hydrogen-bond acceptors (Lipinski definition) is 4. The minimum absolute atomic E-state index is 0.0709. The fourth-order valence-corrected chi connectivity index (χ4v) is 3.01. The van der Waals surface area contributed by atoms with Gasteiger partial charge in [-0.1, -0.05) is 13.8 Å². The normalized spacial score (nSPS) is 20.5. The van der Waals surface area contributed by atoms with E-state index in [0.717, 1.165) is 6.42 Å². The van der Waals surface area contributed by atoms with E-state index in [-0.39, 0.29) is 17.7 Å². The average molecular weight is 335 g/mol. The molecule has 1 amide bonds. The van der Waals surface area contributed by atoms with E-state index in [1.807, 2.05) is 13.8 Å². The highest BCUT2D eigenvalue weighted by Gasteiger charge is 2.34. The van der Waals surface area contributed by atoms with E-state index in [2.05, 4.69) is 0 Å². The molecule has 1 aliphatic rings. The predicted octanol–water partition coefficient (Wildman–Crippen LogP) is 2.67. The molecule has 0 radical (unpaired) electrons. The highest BCUT2D eigenvalue weighted by atomic mass is 16.5. The number of ether oxygens (including phenoxy) is 2. The summed E-state index contributed by atoms with van der Waals surface area (Å²) in [6, 6.07) is 5.16. The molecule has 1 N–H and O–H groups in total. The van der Waals surface area contributed by atoms with Crippen LogP contribution in [0.15, 0.2) is 18.2 Å². The number of hydrogen-bond donors (Lipinski definition) is 1. The van der Waals surface area contributed by atoms with Crippen molar-refractivity contribution in [1.29, 1.82) is 0 Å². The summed E-state index contributed by atoms with van der Waals surface area (Å²) in [4.78, 5) is 25.8. The molecule has 1 aromatic carbocycles. The summed E-state index contributed by atoms with van der Waals surface area (Å²) >= 11 is 0. The maximum atomic E-state index is 12.9. The minimum atomic E-state index is -0.786. The molecule has 0 aromatic heterocycles. The SMILES string of the molecule is CCCOc1cc(OC)ccc1C(=O)N1CCC(C(=O)O)C(C)C1. The molecule has 0 aliphatic carbocycles. The number of carbonyl (C=O) groups is 2. The summed E-state index contributed by atoms with van der Waals surface area (Å²) < 4.78 is 10.9. The summed E-state index contributed by atoms with van der Waals surface area (Å²) in [5, 5.41) is 9.21. The maximum Gasteiger partial charge on any atom is 0.306 e. The number of piperidine rings is 1. The molecular weight excluding hydrogens is 310 g/mol. The van der Waals surface area contributed by atoms with Crippen molar-refractivity contribution in [2.45, 2.75) is 26.7 Å². The molecule has 2 unspecified atom stereocenters. The average Bonchev–Trinajstić information content (AvgIpc) is 2.58. The van der Waals surface area contributed by atoms with E-state index in [4.69, 9.17) is 9.47 Å². The first-order valence-electron chi connectivity index (χ1n) is 8.30. The third kappa shape index (κ3) is 3.99. The van der Waals surface area contributed by atoms with Crippen LogP contribution in [0.1, 0.15) is 37.0 Å². The van der Waals surface area contributed by atoms with Crippen molar-refractivity contribution in [3.8, 4) is 11.5 Å². The van der Waals surface area contributed by atoms with Gasteiger partial charge in [-0.05, 0) is 30.9 Å². The zero-order valence-corrected chi connectivity index (χ0v) is 14.4. The van der Waals surface area contributed by atoms with Crippen LogP contribution < -0.4 is 9.47 Å². The molecule has 1 aliphatic heterocycles. The first-order valence-corrected chi connectivity index (χ1v) is 8.30. The molecule has 0 saturated carbocycles. The van der Waals surface area contributed by atoms with Crippen molar-refractivity contribution < 1.29 is 24.2 Å². The zero-order valence-electron chi connectivity index (χ0n) is 14.4. The third-order valence-corrected chi connectivity index (χ3v) is 4.39. The zero-order chi connectivity index (χ0) is 17.7. The van der Waals surface area contributed by atoms with Crippen LogP contribution in [0.4, 0.5) is 0 Å². The fraction of sp³-hybridized carbons (Fsp3) is 0.556. The van der Waals surface area contributed by atoms with Crippen LogP contribution in [0.5, 0.6) is 11.5 Å². The Bertz CT molecular complexity index is 601. The Hall–Kier alpha value is -2.24. The van der Waals surface area contributed by atoms with Gasteiger partial charge in [0.15, 0.2) is 0 Å². The quantitative estimate of drug-likeness (QED) is 0.865. The number of rotatable bonds is 6. The van der Waals surface area contributed by atoms with E-state index in [9.17, 15) is 14.7 Å². The Balaban J connectivity index is 2.18. The van der Waals surface area contributed by atoms with Crippen molar-refractivity contribution in [1.82, 2.24) is 4.90 Å². The van der Waals surface area contributed by atoms with Crippen LogP contribution in [-0.4, -0.2) is 48.7 Å². The number of benzene rings is 1. The van der Waals surface area contributed by atoms with Gasteiger partial charge in [0.1, 0.15) is 11.5 Å². The number of carbonyl (C=O) groups excluding carboxylic acids is 1. The Kier molecular flexibility index (Phi) is 6.06. The Morgan fingerprint density at radius 3 is 2.71 bits per heavy atom. The molecule has 1 fully saturated rings. The van der Waals surface area contributed by atoms with Crippen molar-refractivity contribution in [2.75, 3.05) is 26.8 Å². The predicted molar refractivity (Wildman–Crippen MR) is 89.6 cm³/mol. The van der Waals surface area contributed by atoms with Gasteiger partial charge in [-0.15, -0.1) is 0 Å². The highest BCUT2D eigenvalue weighted by molar-refractivity contribution is 5.97. The molecule has 24 heavy (non-hydrogen) atoms. The molecular formula is C18H25NO5. The van der Waals surface area contributed by atoms with Crippen LogP contribution in [0.25, 0.3) is 0 Å². The third-order valence-electron chi connectivity index (χ3n) is 4.39. The Morgan fingerprint density at radius 2 is 2.12 bits per heavy atom.